The average molecular weight is 265 g/mol. The first-order valence-electron chi connectivity index (χ1n) is 6.97. The molecule has 1 aromatic heterocycles. The summed E-state index contributed by atoms with van der Waals surface area (Å²) in [6.07, 6.45) is 6.45. The summed E-state index contributed by atoms with van der Waals surface area (Å²) in [4.78, 5) is 14.3. The van der Waals surface area contributed by atoms with Gasteiger partial charge in [-0.25, -0.2) is 0 Å². The number of hydrogen-bond acceptors (Lipinski definition) is 3. The number of likely N-dealkylation sites (tertiary alicyclic amines) is 1. The number of amides is 1. The third-order valence-electron chi connectivity index (χ3n) is 3.82. The van der Waals surface area contributed by atoms with Crippen LogP contribution in [0.25, 0.3) is 0 Å². The number of rotatable bonds is 5. The van der Waals surface area contributed by atoms with Crippen LogP contribution >= 0.6 is 0 Å². The molecule has 1 aliphatic heterocycles. The first-order chi connectivity index (χ1) is 9.22. The first-order valence-corrected chi connectivity index (χ1v) is 6.97. The third-order valence-corrected chi connectivity index (χ3v) is 3.82. The summed E-state index contributed by atoms with van der Waals surface area (Å²) >= 11 is 0. The summed E-state index contributed by atoms with van der Waals surface area (Å²) in [5.74, 6) is 0.239. The molecule has 2 rings (SSSR count). The van der Waals surface area contributed by atoms with Crippen molar-refractivity contribution in [3.63, 3.8) is 0 Å². The van der Waals surface area contributed by atoms with Gasteiger partial charge in [-0.3, -0.25) is 9.48 Å². The number of piperidine rings is 1. The van der Waals surface area contributed by atoms with Crippen molar-refractivity contribution in [3.05, 3.63) is 18.0 Å². The fraction of sp³-hybridized carbons (Fsp3) is 0.714. The molecule has 1 saturated heterocycles. The predicted octanol–water partition coefficient (Wildman–Crippen LogP) is 1.38. The Labute approximate surface area is 114 Å². The van der Waals surface area contributed by atoms with Gasteiger partial charge in [-0.2, -0.15) is 5.10 Å². The lowest BCUT2D eigenvalue weighted by Gasteiger charge is -2.35. The second kappa shape index (κ2) is 6.70. The molecule has 0 radical (unpaired) electrons. The van der Waals surface area contributed by atoms with E-state index in [0.29, 0.717) is 13.0 Å². The lowest BCUT2D eigenvalue weighted by molar-refractivity contribution is -0.136. The molecular weight excluding hydrogens is 242 g/mol. The SMILES string of the molecule is COC[C@H]1CCCCN1C(=O)CCc1ccnn1C. The highest BCUT2D eigenvalue weighted by Crippen LogP contribution is 2.18. The van der Waals surface area contributed by atoms with E-state index < -0.39 is 0 Å². The van der Waals surface area contributed by atoms with Gasteiger partial charge in [0.15, 0.2) is 0 Å². The van der Waals surface area contributed by atoms with Crippen molar-refractivity contribution < 1.29 is 9.53 Å². The second-order valence-corrected chi connectivity index (χ2v) is 5.14. The lowest BCUT2D eigenvalue weighted by atomic mass is 10.0. The summed E-state index contributed by atoms with van der Waals surface area (Å²) in [6.45, 7) is 1.52. The van der Waals surface area contributed by atoms with Crippen LogP contribution in [-0.4, -0.2) is 46.9 Å². The molecule has 0 saturated carbocycles. The number of nitrogens with zero attached hydrogens (tertiary/aromatic N) is 3. The normalized spacial score (nSPS) is 19.7. The molecule has 1 fully saturated rings. The zero-order valence-electron chi connectivity index (χ0n) is 11.8. The van der Waals surface area contributed by atoms with Gasteiger partial charge in [-0.05, 0) is 31.7 Å². The summed E-state index contributed by atoms with van der Waals surface area (Å²) in [7, 11) is 3.61. The minimum Gasteiger partial charge on any atom is -0.383 e. The predicted molar refractivity (Wildman–Crippen MR) is 72.8 cm³/mol. The summed E-state index contributed by atoms with van der Waals surface area (Å²) in [6, 6.07) is 2.23. The topological polar surface area (TPSA) is 47.4 Å². The monoisotopic (exact) mass is 265 g/mol. The number of aryl methyl sites for hydroxylation is 2. The minimum absolute atomic E-state index is 0.239. The molecule has 19 heavy (non-hydrogen) atoms. The maximum Gasteiger partial charge on any atom is 0.223 e. The fourth-order valence-corrected chi connectivity index (χ4v) is 2.72. The number of methoxy groups -OCH3 is 1. The van der Waals surface area contributed by atoms with Crippen LogP contribution in [0.3, 0.4) is 0 Å². The highest BCUT2D eigenvalue weighted by molar-refractivity contribution is 5.76. The Kier molecular flexibility index (Phi) is 4.96. The van der Waals surface area contributed by atoms with Gasteiger partial charge < -0.3 is 9.64 Å². The molecule has 5 heteroatoms. The molecular formula is C14H23N3O2. The minimum atomic E-state index is 0.239. The van der Waals surface area contributed by atoms with Crippen LogP contribution in [0.5, 0.6) is 0 Å². The number of hydrogen-bond donors (Lipinski definition) is 0. The Morgan fingerprint density at radius 1 is 1.53 bits per heavy atom. The first kappa shape index (κ1) is 14.1. The smallest absolute Gasteiger partial charge is 0.223 e. The van der Waals surface area contributed by atoms with Crippen molar-refractivity contribution in [1.29, 1.82) is 0 Å². The molecule has 1 atom stereocenters. The van der Waals surface area contributed by atoms with Gasteiger partial charge in [-0.15, -0.1) is 0 Å². The summed E-state index contributed by atoms with van der Waals surface area (Å²) in [5, 5.41) is 4.12. The Bertz CT molecular complexity index is 415. The van der Waals surface area contributed by atoms with E-state index in [4.69, 9.17) is 4.74 Å². The van der Waals surface area contributed by atoms with Crippen molar-refractivity contribution in [1.82, 2.24) is 14.7 Å². The summed E-state index contributed by atoms with van der Waals surface area (Å²) < 4.78 is 7.05. The third kappa shape index (κ3) is 3.56. The van der Waals surface area contributed by atoms with Crippen molar-refractivity contribution in [2.24, 2.45) is 7.05 Å². The van der Waals surface area contributed by atoms with E-state index in [1.54, 1.807) is 13.3 Å². The van der Waals surface area contributed by atoms with Gasteiger partial charge in [0, 0.05) is 39.0 Å². The van der Waals surface area contributed by atoms with Crippen LogP contribution in [0.15, 0.2) is 12.3 Å². The molecule has 106 valence electrons. The van der Waals surface area contributed by atoms with E-state index >= 15 is 0 Å². The van der Waals surface area contributed by atoms with E-state index in [1.165, 1.54) is 6.42 Å². The Hall–Kier alpha value is -1.36. The van der Waals surface area contributed by atoms with E-state index in [-0.39, 0.29) is 11.9 Å². The molecule has 0 N–H and O–H groups in total. The maximum atomic E-state index is 12.3. The number of carbonyl (C=O) groups is 1. The molecule has 0 unspecified atom stereocenters. The van der Waals surface area contributed by atoms with Gasteiger partial charge in [-0.1, -0.05) is 0 Å². The average Bonchev–Trinajstić information content (AvgIpc) is 2.82. The van der Waals surface area contributed by atoms with E-state index in [0.717, 1.165) is 31.5 Å². The standard InChI is InChI=1S/C14H23N3O2/c1-16-12(8-9-15-16)6-7-14(18)17-10-4-3-5-13(17)11-19-2/h8-9,13H,3-7,10-11H2,1-2H3/t13-/m1/s1. The molecule has 1 aromatic rings. The lowest BCUT2D eigenvalue weighted by Crippen LogP contribution is -2.46. The molecule has 5 nitrogen and oxygen atoms in total. The van der Waals surface area contributed by atoms with Crippen LogP contribution in [0.1, 0.15) is 31.4 Å². The second-order valence-electron chi connectivity index (χ2n) is 5.14. The van der Waals surface area contributed by atoms with Gasteiger partial charge in [0.1, 0.15) is 0 Å². The van der Waals surface area contributed by atoms with E-state index in [1.807, 2.05) is 22.7 Å². The zero-order valence-corrected chi connectivity index (χ0v) is 11.8. The van der Waals surface area contributed by atoms with Gasteiger partial charge in [0.25, 0.3) is 0 Å². The van der Waals surface area contributed by atoms with Gasteiger partial charge in [0.05, 0.1) is 12.6 Å². The van der Waals surface area contributed by atoms with Gasteiger partial charge >= 0.3 is 0 Å². The van der Waals surface area contributed by atoms with Crippen LogP contribution in [0, 0.1) is 0 Å². The number of aromatic nitrogens is 2. The molecule has 1 aliphatic rings. The zero-order chi connectivity index (χ0) is 13.7. The molecule has 2 heterocycles. The number of carbonyl (C=O) groups excluding carboxylic acids is 1. The largest absolute Gasteiger partial charge is 0.383 e. The van der Waals surface area contributed by atoms with Crippen LogP contribution < -0.4 is 0 Å². The van der Waals surface area contributed by atoms with E-state index in [9.17, 15) is 4.79 Å². The van der Waals surface area contributed by atoms with Gasteiger partial charge in [0.2, 0.25) is 5.91 Å². The van der Waals surface area contributed by atoms with Crippen molar-refractivity contribution >= 4 is 5.91 Å². The van der Waals surface area contributed by atoms with Crippen molar-refractivity contribution in [3.8, 4) is 0 Å². The molecule has 1 amide bonds. The highest BCUT2D eigenvalue weighted by atomic mass is 16.5. The Morgan fingerprint density at radius 3 is 3.05 bits per heavy atom. The Morgan fingerprint density at radius 2 is 2.37 bits per heavy atom. The molecule has 0 bridgehead atoms. The van der Waals surface area contributed by atoms with E-state index in [2.05, 4.69) is 5.10 Å². The van der Waals surface area contributed by atoms with Crippen LogP contribution in [-0.2, 0) is 23.0 Å². The van der Waals surface area contributed by atoms with Crippen molar-refractivity contribution in [2.75, 3.05) is 20.3 Å². The van der Waals surface area contributed by atoms with Crippen molar-refractivity contribution in [2.45, 2.75) is 38.1 Å². The summed E-state index contributed by atoms with van der Waals surface area (Å²) in [5.41, 5.74) is 1.11. The number of ether oxygens (including phenoxy) is 1. The molecule has 0 aliphatic carbocycles. The van der Waals surface area contributed by atoms with Crippen LogP contribution in [0.4, 0.5) is 0 Å². The van der Waals surface area contributed by atoms with Crippen LogP contribution in [0.2, 0.25) is 0 Å². The fourth-order valence-electron chi connectivity index (χ4n) is 2.72. The molecule has 0 aromatic carbocycles. The quantitative estimate of drug-likeness (QED) is 0.808. The molecule has 0 spiro atoms. The Balaban J connectivity index is 1.89. The maximum absolute atomic E-state index is 12.3. The highest BCUT2D eigenvalue weighted by Gasteiger charge is 2.26.